The van der Waals surface area contributed by atoms with Gasteiger partial charge in [-0.3, -0.25) is 4.79 Å². The zero-order valence-electron chi connectivity index (χ0n) is 24.4. The SMILES string of the molecule is O=C(NCc1ccc(OC(F)(F)F)cc1)[C@H]1CN(c2nc3nnnc(CCCO)c3s2)CCN1S(=O)(=O)c1ccc(OC(F)(F)F)cc1. The molecule has 1 atom stereocenters. The van der Waals surface area contributed by atoms with E-state index >= 15 is 0 Å². The number of fused-ring (bicyclic) bond motifs is 1. The van der Waals surface area contributed by atoms with E-state index in [0.29, 0.717) is 33.9 Å². The molecular weight excluding hydrogens is 696 g/mol. The van der Waals surface area contributed by atoms with Gasteiger partial charge < -0.3 is 24.8 Å². The molecule has 2 N–H and O–H groups in total. The molecule has 5 rings (SSSR count). The van der Waals surface area contributed by atoms with Gasteiger partial charge >= 0.3 is 12.7 Å². The molecule has 0 saturated carbocycles. The van der Waals surface area contributed by atoms with E-state index < -0.39 is 51.1 Å². The summed E-state index contributed by atoms with van der Waals surface area (Å²) in [6, 6.07) is 6.83. The van der Waals surface area contributed by atoms with Crippen LogP contribution in [0.25, 0.3) is 10.3 Å². The minimum atomic E-state index is -4.99. The van der Waals surface area contributed by atoms with Crippen molar-refractivity contribution in [2.24, 2.45) is 0 Å². The maximum absolute atomic E-state index is 13.8. The van der Waals surface area contributed by atoms with Crippen LogP contribution in [0.1, 0.15) is 17.7 Å². The normalized spacial score (nSPS) is 16.2. The number of thiazole rings is 1. The van der Waals surface area contributed by atoms with Gasteiger partial charge in [0.05, 0.1) is 10.6 Å². The highest BCUT2D eigenvalue weighted by Gasteiger charge is 2.41. The Labute approximate surface area is 272 Å². The van der Waals surface area contributed by atoms with E-state index in [2.05, 4.69) is 35.2 Å². The van der Waals surface area contributed by atoms with E-state index in [0.717, 1.165) is 40.7 Å². The van der Waals surface area contributed by atoms with Crippen molar-refractivity contribution in [1.82, 2.24) is 30.0 Å². The van der Waals surface area contributed by atoms with Crippen LogP contribution in [0.4, 0.5) is 31.5 Å². The average Bonchev–Trinajstić information content (AvgIpc) is 3.47. The first-order valence-electron chi connectivity index (χ1n) is 14.0. The molecule has 1 amide bonds. The first-order chi connectivity index (χ1) is 22.6. The van der Waals surface area contributed by atoms with Gasteiger partial charge in [0.15, 0.2) is 10.8 Å². The molecule has 13 nitrogen and oxygen atoms in total. The number of halogens is 6. The second-order valence-electron chi connectivity index (χ2n) is 10.2. The van der Waals surface area contributed by atoms with Gasteiger partial charge in [-0.15, -0.1) is 36.5 Å². The minimum absolute atomic E-state index is 0.0611. The fraction of sp³-hybridized carbons (Fsp3) is 0.370. The Morgan fingerprint density at radius 3 is 2.19 bits per heavy atom. The number of benzene rings is 2. The zero-order valence-corrected chi connectivity index (χ0v) is 26.0. The lowest BCUT2D eigenvalue weighted by Crippen LogP contribution is -2.60. The summed E-state index contributed by atoms with van der Waals surface area (Å²) in [7, 11) is -4.46. The van der Waals surface area contributed by atoms with Crippen LogP contribution in [0, 0.1) is 0 Å². The number of carbonyl (C=O) groups excluding carboxylic acids is 1. The lowest BCUT2D eigenvalue weighted by molar-refractivity contribution is -0.275. The van der Waals surface area contributed by atoms with Crippen LogP contribution in [0.3, 0.4) is 0 Å². The average molecular weight is 722 g/mol. The number of anilines is 1. The summed E-state index contributed by atoms with van der Waals surface area (Å²) in [6.07, 6.45) is -9.07. The van der Waals surface area contributed by atoms with Gasteiger partial charge in [0, 0.05) is 32.8 Å². The van der Waals surface area contributed by atoms with Crippen LogP contribution in [0.15, 0.2) is 53.4 Å². The molecule has 1 fully saturated rings. The quantitative estimate of drug-likeness (QED) is 0.219. The van der Waals surface area contributed by atoms with Gasteiger partial charge in [-0.25, -0.2) is 8.42 Å². The van der Waals surface area contributed by atoms with Crippen LogP contribution >= 0.6 is 11.3 Å². The summed E-state index contributed by atoms with van der Waals surface area (Å²) in [6.45, 7) is -0.636. The van der Waals surface area contributed by atoms with Gasteiger partial charge in [-0.05, 0) is 60.0 Å². The predicted molar refractivity (Wildman–Crippen MR) is 156 cm³/mol. The minimum Gasteiger partial charge on any atom is -0.406 e. The van der Waals surface area contributed by atoms with Crippen LogP contribution < -0.4 is 19.7 Å². The van der Waals surface area contributed by atoms with E-state index in [9.17, 15) is 44.7 Å². The number of aliphatic hydroxyl groups excluding tert-OH is 1. The molecule has 48 heavy (non-hydrogen) atoms. The third kappa shape index (κ3) is 8.57. The van der Waals surface area contributed by atoms with Gasteiger partial charge in [0.2, 0.25) is 15.9 Å². The molecule has 4 aromatic rings. The molecule has 258 valence electrons. The van der Waals surface area contributed by atoms with Crippen molar-refractivity contribution in [2.45, 2.75) is 43.0 Å². The number of aromatic nitrogens is 4. The van der Waals surface area contributed by atoms with Gasteiger partial charge in [0.1, 0.15) is 22.2 Å². The van der Waals surface area contributed by atoms with Crippen LogP contribution in [0.5, 0.6) is 11.5 Å². The Morgan fingerprint density at radius 2 is 1.58 bits per heavy atom. The second kappa shape index (κ2) is 14.0. The molecule has 1 aliphatic rings. The number of carbonyl (C=O) groups is 1. The number of alkyl halides is 6. The fourth-order valence-corrected chi connectivity index (χ4v) is 7.39. The number of piperazine rings is 1. The van der Waals surface area contributed by atoms with E-state index in [4.69, 9.17) is 0 Å². The smallest absolute Gasteiger partial charge is 0.406 e. The number of ether oxygens (including phenoxy) is 2. The fourth-order valence-electron chi connectivity index (χ4n) is 4.77. The molecule has 2 aromatic carbocycles. The van der Waals surface area contributed by atoms with Crippen molar-refractivity contribution in [3.63, 3.8) is 0 Å². The van der Waals surface area contributed by atoms with E-state index in [1.165, 1.54) is 23.5 Å². The summed E-state index contributed by atoms with van der Waals surface area (Å²) in [5.74, 6) is -1.87. The molecule has 3 heterocycles. The molecule has 2 aromatic heterocycles. The Hall–Kier alpha value is -4.34. The number of hydrogen-bond donors (Lipinski definition) is 2. The Kier molecular flexibility index (Phi) is 10.2. The van der Waals surface area contributed by atoms with Crippen LogP contribution in [-0.4, -0.2) is 89.1 Å². The van der Waals surface area contributed by atoms with Crippen molar-refractivity contribution >= 4 is 42.7 Å². The maximum atomic E-state index is 13.8. The number of aryl methyl sites for hydroxylation is 1. The Bertz CT molecular complexity index is 1840. The molecule has 1 saturated heterocycles. The summed E-state index contributed by atoms with van der Waals surface area (Å²) in [5.41, 5.74) is 1.21. The highest BCUT2D eigenvalue weighted by Crippen LogP contribution is 2.33. The molecule has 0 unspecified atom stereocenters. The number of hydrogen-bond acceptors (Lipinski definition) is 12. The largest absolute Gasteiger partial charge is 0.573 e. The van der Waals surface area contributed by atoms with Crippen LogP contribution in [0.2, 0.25) is 0 Å². The Morgan fingerprint density at radius 1 is 0.958 bits per heavy atom. The molecule has 0 bridgehead atoms. The van der Waals surface area contributed by atoms with E-state index in [1.807, 2.05) is 0 Å². The number of aliphatic hydroxyl groups is 1. The summed E-state index contributed by atoms with van der Waals surface area (Å²) >= 11 is 1.19. The molecule has 0 radical (unpaired) electrons. The summed E-state index contributed by atoms with van der Waals surface area (Å²) in [4.78, 5) is 19.4. The first kappa shape index (κ1) is 35.0. The van der Waals surface area contributed by atoms with Crippen molar-refractivity contribution in [3.8, 4) is 11.5 Å². The van der Waals surface area contributed by atoms with Crippen molar-refractivity contribution in [1.29, 1.82) is 0 Å². The molecule has 21 heteroatoms. The summed E-state index contributed by atoms with van der Waals surface area (Å²) in [5, 5.41) is 23.9. The number of nitrogens with zero attached hydrogens (tertiary/aromatic N) is 6. The topological polar surface area (TPSA) is 160 Å². The molecule has 1 aliphatic heterocycles. The third-order valence-corrected chi connectivity index (χ3v) is 10.0. The van der Waals surface area contributed by atoms with Crippen molar-refractivity contribution in [3.05, 3.63) is 59.8 Å². The zero-order chi connectivity index (χ0) is 34.7. The third-order valence-electron chi connectivity index (χ3n) is 6.93. The van der Waals surface area contributed by atoms with Crippen LogP contribution in [-0.2, 0) is 27.8 Å². The molecule has 0 spiro atoms. The van der Waals surface area contributed by atoms with E-state index in [1.54, 1.807) is 4.90 Å². The van der Waals surface area contributed by atoms with E-state index in [-0.39, 0.29) is 38.4 Å². The first-order valence-corrected chi connectivity index (χ1v) is 16.2. The summed E-state index contributed by atoms with van der Waals surface area (Å²) < 4.78 is 112. The number of rotatable bonds is 11. The van der Waals surface area contributed by atoms with Crippen molar-refractivity contribution in [2.75, 3.05) is 31.1 Å². The number of sulfonamides is 1. The van der Waals surface area contributed by atoms with Gasteiger partial charge in [-0.1, -0.05) is 23.5 Å². The predicted octanol–water partition coefficient (Wildman–Crippen LogP) is 3.40. The van der Waals surface area contributed by atoms with Gasteiger partial charge in [0.25, 0.3) is 0 Å². The molecular formula is C27H25F6N7O6S2. The lowest BCUT2D eigenvalue weighted by Gasteiger charge is -2.39. The van der Waals surface area contributed by atoms with Crippen molar-refractivity contribution < 1.29 is 54.1 Å². The number of nitrogens with one attached hydrogen (secondary N) is 1. The van der Waals surface area contributed by atoms with Gasteiger partial charge in [-0.2, -0.15) is 9.29 Å². The Balaban J connectivity index is 1.40. The molecule has 0 aliphatic carbocycles. The number of amides is 1. The highest BCUT2D eigenvalue weighted by atomic mass is 32.2. The second-order valence-corrected chi connectivity index (χ2v) is 13.1. The lowest BCUT2D eigenvalue weighted by atomic mass is 10.1. The highest BCUT2D eigenvalue weighted by molar-refractivity contribution is 7.89. The standard InChI is InChI=1S/C27H25F6N7O6S2/c28-26(29,30)45-17-5-3-16(4-6-17)14-34-24(42)21-15-39(25-35-23-22(47-25)20(2-1-13-41)36-38-37-23)11-12-40(21)48(43,44)19-9-7-18(8-10-19)46-27(31,32)33/h3-10,21,41H,1-2,11-15H2,(H,34,42)/t21-/m1/s1. The monoisotopic (exact) mass is 721 g/mol. The maximum Gasteiger partial charge on any atom is 0.573 e.